The molecule has 0 aliphatic rings. The van der Waals surface area contributed by atoms with Gasteiger partial charge in [0.1, 0.15) is 6.07 Å². The Hall–Kier alpha value is -1.77. The van der Waals surface area contributed by atoms with Crippen LogP contribution in [-0.2, 0) is 0 Å². The number of hydrogen-bond acceptors (Lipinski definition) is 3. The highest BCUT2D eigenvalue weighted by molar-refractivity contribution is 6.44. The minimum Gasteiger partial charge on any atom is -0.369 e. The second kappa shape index (κ2) is 5.35. The Morgan fingerprint density at radius 3 is 2.50 bits per heavy atom. The van der Waals surface area contributed by atoms with Gasteiger partial charge in [0.25, 0.3) is 0 Å². The Kier molecular flexibility index (Phi) is 4.11. The molecule has 0 amide bonds. The van der Waals surface area contributed by atoms with E-state index in [1.807, 2.05) is 6.07 Å². The van der Waals surface area contributed by atoms with Gasteiger partial charge >= 0.3 is 0 Å². The molecule has 1 aromatic carbocycles. The van der Waals surface area contributed by atoms with Gasteiger partial charge in [-0.2, -0.15) is 5.26 Å². The fourth-order valence-electron chi connectivity index (χ4n) is 0.931. The first-order chi connectivity index (χ1) is 7.56. The van der Waals surface area contributed by atoms with Crippen LogP contribution in [0.4, 0.5) is 0 Å². The van der Waals surface area contributed by atoms with Crippen LogP contribution in [0.1, 0.15) is 5.56 Å². The van der Waals surface area contributed by atoms with E-state index < -0.39 is 0 Å². The number of guanidine groups is 1. The number of nitriles is 1. The normalized spacial score (nSPS) is 10.7. The summed E-state index contributed by atoms with van der Waals surface area (Å²) in [4.78, 5) is 0. The van der Waals surface area contributed by atoms with Gasteiger partial charge < -0.3 is 11.5 Å². The van der Waals surface area contributed by atoms with Crippen molar-refractivity contribution in [3.05, 3.63) is 33.8 Å². The zero-order chi connectivity index (χ0) is 12.1. The van der Waals surface area contributed by atoms with Crippen molar-refractivity contribution in [2.75, 3.05) is 0 Å². The summed E-state index contributed by atoms with van der Waals surface area (Å²) in [7, 11) is 0. The largest absolute Gasteiger partial charge is 0.369 e. The molecule has 0 saturated heterocycles. The summed E-state index contributed by atoms with van der Waals surface area (Å²) in [6.07, 6.45) is 0. The maximum atomic E-state index is 8.87. The summed E-state index contributed by atoms with van der Waals surface area (Å²) in [5, 5.41) is 16.4. The van der Waals surface area contributed by atoms with Crippen LogP contribution in [0.5, 0.6) is 0 Å². The molecular formula is C9H7Cl2N5. The molecule has 0 fully saturated rings. The van der Waals surface area contributed by atoms with Crippen molar-refractivity contribution in [3.63, 3.8) is 0 Å². The van der Waals surface area contributed by atoms with E-state index in [0.29, 0.717) is 10.6 Å². The molecule has 0 unspecified atom stereocenters. The fraction of sp³-hybridized carbons (Fsp3) is 0. The Bertz CT molecular complexity index is 497. The molecule has 0 heterocycles. The molecule has 5 nitrogen and oxygen atoms in total. The molecule has 1 aromatic rings. The van der Waals surface area contributed by atoms with Gasteiger partial charge in [-0.25, -0.2) is 0 Å². The molecule has 1 rings (SSSR count). The Labute approximate surface area is 102 Å². The first kappa shape index (κ1) is 12.3. The summed E-state index contributed by atoms with van der Waals surface area (Å²) >= 11 is 11.7. The number of benzene rings is 1. The number of nitrogens with zero attached hydrogens (tertiary/aromatic N) is 3. The van der Waals surface area contributed by atoms with Gasteiger partial charge in [0.2, 0.25) is 5.96 Å². The van der Waals surface area contributed by atoms with Gasteiger partial charge in [0.15, 0.2) is 5.71 Å². The van der Waals surface area contributed by atoms with E-state index in [9.17, 15) is 0 Å². The lowest BCUT2D eigenvalue weighted by molar-refractivity contribution is 1.20. The highest BCUT2D eigenvalue weighted by Gasteiger charge is 2.10. The molecule has 16 heavy (non-hydrogen) atoms. The SMILES string of the molecule is N#C/C(=N\N=C(N)N)c1cccc(Cl)c1Cl. The van der Waals surface area contributed by atoms with Crippen molar-refractivity contribution in [2.45, 2.75) is 0 Å². The molecular weight excluding hydrogens is 249 g/mol. The van der Waals surface area contributed by atoms with Gasteiger partial charge in [-0.1, -0.05) is 35.3 Å². The number of rotatable bonds is 2. The van der Waals surface area contributed by atoms with Crippen molar-refractivity contribution in [1.82, 2.24) is 0 Å². The van der Waals surface area contributed by atoms with Crippen molar-refractivity contribution in [1.29, 1.82) is 5.26 Å². The van der Waals surface area contributed by atoms with Crippen LogP contribution in [-0.4, -0.2) is 11.7 Å². The summed E-state index contributed by atoms with van der Waals surface area (Å²) in [5.41, 5.74) is 10.6. The van der Waals surface area contributed by atoms with E-state index in [1.54, 1.807) is 18.2 Å². The molecule has 0 atom stereocenters. The number of nitrogens with two attached hydrogens (primary N) is 2. The van der Waals surface area contributed by atoms with Gasteiger partial charge in [0.05, 0.1) is 10.0 Å². The van der Waals surface area contributed by atoms with Crippen LogP contribution < -0.4 is 11.5 Å². The third kappa shape index (κ3) is 2.86. The first-order valence-electron chi connectivity index (χ1n) is 4.07. The molecule has 0 saturated carbocycles. The smallest absolute Gasteiger partial charge is 0.211 e. The molecule has 0 aromatic heterocycles. The van der Waals surface area contributed by atoms with Crippen molar-refractivity contribution in [3.8, 4) is 6.07 Å². The van der Waals surface area contributed by atoms with Crippen LogP contribution in [0.25, 0.3) is 0 Å². The van der Waals surface area contributed by atoms with Crippen molar-refractivity contribution in [2.24, 2.45) is 21.7 Å². The van der Waals surface area contributed by atoms with Crippen LogP contribution in [0, 0.1) is 11.3 Å². The van der Waals surface area contributed by atoms with Crippen LogP contribution in [0.3, 0.4) is 0 Å². The Balaban J connectivity index is 3.26. The summed E-state index contributed by atoms with van der Waals surface area (Å²) in [5.74, 6) is -0.245. The van der Waals surface area contributed by atoms with Crippen molar-refractivity contribution < 1.29 is 0 Å². The van der Waals surface area contributed by atoms with E-state index >= 15 is 0 Å². The second-order valence-corrected chi connectivity index (χ2v) is 3.47. The quantitative estimate of drug-likeness (QED) is 0.476. The summed E-state index contributed by atoms with van der Waals surface area (Å²) in [6, 6.07) is 6.67. The minimum atomic E-state index is -0.245. The maximum absolute atomic E-state index is 8.87. The zero-order valence-electron chi connectivity index (χ0n) is 7.98. The number of hydrogen-bond donors (Lipinski definition) is 2. The van der Waals surface area contributed by atoms with E-state index in [1.165, 1.54) is 0 Å². The molecule has 82 valence electrons. The lowest BCUT2D eigenvalue weighted by Crippen LogP contribution is -2.22. The molecule has 0 spiro atoms. The van der Waals surface area contributed by atoms with Crippen LogP contribution >= 0.6 is 23.2 Å². The van der Waals surface area contributed by atoms with E-state index in [-0.39, 0.29) is 16.7 Å². The lowest BCUT2D eigenvalue weighted by Gasteiger charge is -2.01. The van der Waals surface area contributed by atoms with Gasteiger partial charge in [0, 0.05) is 5.56 Å². The molecule has 0 aliphatic carbocycles. The maximum Gasteiger partial charge on any atom is 0.211 e. The van der Waals surface area contributed by atoms with Crippen molar-refractivity contribution >= 4 is 34.9 Å². The fourth-order valence-corrected chi connectivity index (χ4v) is 1.32. The average Bonchev–Trinajstić information content (AvgIpc) is 2.24. The number of halogens is 2. The van der Waals surface area contributed by atoms with E-state index in [0.717, 1.165) is 0 Å². The minimum absolute atomic E-state index is 0.0131. The average molecular weight is 256 g/mol. The molecule has 0 radical (unpaired) electrons. The predicted octanol–water partition coefficient (Wildman–Crippen LogP) is 1.49. The highest BCUT2D eigenvalue weighted by Crippen LogP contribution is 2.25. The van der Waals surface area contributed by atoms with Gasteiger partial charge in [-0.05, 0) is 6.07 Å². The van der Waals surface area contributed by atoms with E-state index in [2.05, 4.69) is 10.2 Å². The van der Waals surface area contributed by atoms with Crippen LogP contribution in [0.15, 0.2) is 28.4 Å². The third-order valence-electron chi connectivity index (χ3n) is 1.58. The predicted molar refractivity (Wildman–Crippen MR) is 64.4 cm³/mol. The zero-order valence-corrected chi connectivity index (χ0v) is 9.50. The lowest BCUT2D eigenvalue weighted by atomic mass is 10.1. The molecule has 4 N–H and O–H groups in total. The van der Waals surface area contributed by atoms with Gasteiger partial charge in [-0.15, -0.1) is 10.2 Å². The van der Waals surface area contributed by atoms with Crippen LogP contribution in [0.2, 0.25) is 10.0 Å². The topological polar surface area (TPSA) is 101 Å². The summed E-state index contributed by atoms with van der Waals surface area (Å²) < 4.78 is 0. The first-order valence-corrected chi connectivity index (χ1v) is 4.83. The monoisotopic (exact) mass is 255 g/mol. The third-order valence-corrected chi connectivity index (χ3v) is 2.40. The Morgan fingerprint density at radius 2 is 1.94 bits per heavy atom. The Morgan fingerprint density at radius 1 is 1.25 bits per heavy atom. The molecule has 0 aliphatic heterocycles. The highest BCUT2D eigenvalue weighted by atomic mass is 35.5. The standard InChI is InChI=1S/C9H7Cl2N5/c10-6-3-1-2-5(8(6)11)7(4-12)15-16-9(13)14/h1-3H,(H4,13,14,16)/b15-7+. The summed E-state index contributed by atoms with van der Waals surface area (Å²) in [6.45, 7) is 0. The second-order valence-electron chi connectivity index (χ2n) is 2.69. The molecule has 0 bridgehead atoms. The van der Waals surface area contributed by atoms with Gasteiger partial charge in [-0.3, -0.25) is 0 Å². The van der Waals surface area contributed by atoms with E-state index in [4.69, 9.17) is 39.9 Å². The molecule has 7 heteroatoms.